The molecule has 1 rings (SSSR count). The normalized spacial score (nSPS) is 10.4. The van der Waals surface area contributed by atoms with E-state index in [1.54, 1.807) is 0 Å². The number of nitrogens with zero attached hydrogens (tertiary/aromatic N) is 4. The van der Waals surface area contributed by atoms with Crippen LogP contribution in [0.1, 0.15) is 5.56 Å². The van der Waals surface area contributed by atoms with Crippen molar-refractivity contribution >= 4 is 21.6 Å². The summed E-state index contributed by atoms with van der Waals surface area (Å²) in [4.78, 5) is 2.45. The zero-order chi connectivity index (χ0) is 13.6. The van der Waals surface area contributed by atoms with Crippen molar-refractivity contribution in [1.82, 2.24) is 4.72 Å². The molecule has 1 N–H and O–H groups in total. The van der Waals surface area contributed by atoms with Crippen LogP contribution in [-0.2, 0) is 10.0 Å². The van der Waals surface area contributed by atoms with Crippen molar-refractivity contribution in [3.05, 3.63) is 39.2 Å². The topological polar surface area (TPSA) is 119 Å². The van der Waals surface area contributed by atoms with Gasteiger partial charge in [0, 0.05) is 18.0 Å². The molecule has 0 fully saturated rings. The van der Waals surface area contributed by atoms with Gasteiger partial charge in [0.05, 0.1) is 15.5 Å². The number of hydrogen-bond donors (Lipinski definition) is 1. The van der Waals surface area contributed by atoms with E-state index in [-0.39, 0.29) is 28.6 Å². The van der Waals surface area contributed by atoms with Gasteiger partial charge in [-0.25, -0.2) is 13.1 Å². The minimum Gasteiger partial charge on any atom is -0.211 e. The number of benzene rings is 1. The number of nitrogens with one attached hydrogen (secondary N) is 1. The highest BCUT2D eigenvalue weighted by atomic mass is 35.5. The van der Waals surface area contributed by atoms with Crippen molar-refractivity contribution in [3.63, 3.8) is 0 Å². The molecule has 1 aromatic carbocycles. The maximum Gasteiger partial charge on any atom is 0.240 e. The lowest BCUT2D eigenvalue weighted by molar-refractivity contribution is 0.582. The molecular weight excluding hydrogens is 278 g/mol. The smallest absolute Gasteiger partial charge is 0.211 e. The minimum absolute atomic E-state index is 0.00991. The van der Waals surface area contributed by atoms with Crippen LogP contribution in [0.25, 0.3) is 10.4 Å². The largest absolute Gasteiger partial charge is 0.240 e. The second-order valence-electron chi connectivity index (χ2n) is 3.11. The lowest BCUT2D eigenvalue weighted by atomic mass is 10.2. The van der Waals surface area contributed by atoms with Gasteiger partial charge in [-0.15, -0.1) is 0 Å². The summed E-state index contributed by atoms with van der Waals surface area (Å²) in [5.41, 5.74) is 8.24. The monoisotopic (exact) mass is 285 g/mol. The number of nitriles is 1. The number of sulfonamides is 1. The quantitative estimate of drug-likeness (QED) is 0.384. The first kappa shape index (κ1) is 14.3. The Hall–Kier alpha value is -1.78. The molecule has 0 radical (unpaired) electrons. The SMILES string of the molecule is N#Cc1ccc(S(=O)(=O)NCCN=[N+]=[N-])cc1Cl. The number of halogens is 1. The fourth-order valence-corrected chi connectivity index (χ4v) is 2.45. The van der Waals surface area contributed by atoms with E-state index in [9.17, 15) is 8.42 Å². The van der Waals surface area contributed by atoms with E-state index in [2.05, 4.69) is 14.7 Å². The van der Waals surface area contributed by atoms with Crippen molar-refractivity contribution in [2.45, 2.75) is 4.90 Å². The molecule has 0 aliphatic heterocycles. The Morgan fingerprint density at radius 2 is 2.28 bits per heavy atom. The van der Waals surface area contributed by atoms with Crippen LogP contribution in [0.4, 0.5) is 0 Å². The molecule has 0 saturated heterocycles. The van der Waals surface area contributed by atoms with Gasteiger partial charge in [0.2, 0.25) is 10.0 Å². The summed E-state index contributed by atoms with van der Waals surface area (Å²) in [5.74, 6) is 0. The third-order valence-corrected chi connectivity index (χ3v) is 3.71. The van der Waals surface area contributed by atoms with E-state index >= 15 is 0 Å². The first-order valence-electron chi connectivity index (χ1n) is 4.71. The van der Waals surface area contributed by atoms with Crippen molar-refractivity contribution in [2.75, 3.05) is 13.1 Å². The Labute approximate surface area is 109 Å². The molecule has 9 heteroatoms. The Morgan fingerprint density at radius 3 is 2.83 bits per heavy atom. The lowest BCUT2D eigenvalue weighted by Gasteiger charge is -2.06. The Kier molecular flexibility index (Phi) is 4.95. The summed E-state index contributed by atoms with van der Waals surface area (Å²) in [6, 6.07) is 5.62. The average molecular weight is 286 g/mol. The molecular formula is C9H8ClN5O2S. The maximum atomic E-state index is 11.8. The summed E-state index contributed by atoms with van der Waals surface area (Å²) in [6.07, 6.45) is 0. The van der Waals surface area contributed by atoms with Crippen molar-refractivity contribution in [1.29, 1.82) is 5.26 Å². The van der Waals surface area contributed by atoms with Crippen molar-refractivity contribution in [2.24, 2.45) is 5.11 Å². The zero-order valence-corrected chi connectivity index (χ0v) is 10.6. The lowest BCUT2D eigenvalue weighted by Crippen LogP contribution is -2.26. The van der Waals surface area contributed by atoms with E-state index in [0.29, 0.717) is 0 Å². The van der Waals surface area contributed by atoms with Crippen LogP contribution in [0.3, 0.4) is 0 Å². The third kappa shape index (κ3) is 3.61. The minimum atomic E-state index is -3.72. The summed E-state index contributed by atoms with van der Waals surface area (Å²) in [7, 11) is -3.72. The molecule has 0 spiro atoms. The average Bonchev–Trinajstić information content (AvgIpc) is 2.34. The van der Waals surface area contributed by atoms with Gasteiger partial charge in [-0.3, -0.25) is 0 Å². The Morgan fingerprint density at radius 1 is 1.56 bits per heavy atom. The molecule has 0 aromatic heterocycles. The highest BCUT2D eigenvalue weighted by Gasteiger charge is 2.14. The van der Waals surface area contributed by atoms with Gasteiger partial charge in [-0.05, 0) is 23.7 Å². The standard InChI is InChI=1S/C9H8ClN5O2S/c10-9-5-8(2-1-7(9)6-11)18(16,17)14-4-3-13-15-12/h1-2,5,14H,3-4H2. The van der Waals surface area contributed by atoms with E-state index in [0.717, 1.165) is 0 Å². The van der Waals surface area contributed by atoms with Crippen LogP contribution >= 0.6 is 11.6 Å². The highest BCUT2D eigenvalue weighted by Crippen LogP contribution is 2.19. The van der Waals surface area contributed by atoms with Gasteiger partial charge in [0.1, 0.15) is 6.07 Å². The predicted octanol–water partition coefficient (Wildman–Crippen LogP) is 1.80. The van der Waals surface area contributed by atoms with Gasteiger partial charge in [-0.1, -0.05) is 16.7 Å². The van der Waals surface area contributed by atoms with Crippen LogP contribution < -0.4 is 4.72 Å². The molecule has 0 aliphatic rings. The number of hydrogen-bond acceptors (Lipinski definition) is 4. The van der Waals surface area contributed by atoms with Crippen LogP contribution in [0.5, 0.6) is 0 Å². The van der Waals surface area contributed by atoms with Gasteiger partial charge in [0.25, 0.3) is 0 Å². The highest BCUT2D eigenvalue weighted by molar-refractivity contribution is 7.89. The van der Waals surface area contributed by atoms with Crippen LogP contribution in [0, 0.1) is 11.3 Å². The zero-order valence-electron chi connectivity index (χ0n) is 9.04. The van der Waals surface area contributed by atoms with E-state index < -0.39 is 10.0 Å². The molecule has 7 nitrogen and oxygen atoms in total. The van der Waals surface area contributed by atoms with E-state index in [1.165, 1.54) is 18.2 Å². The molecule has 0 aliphatic carbocycles. The molecule has 0 amide bonds. The molecule has 94 valence electrons. The van der Waals surface area contributed by atoms with Crippen molar-refractivity contribution < 1.29 is 8.42 Å². The molecule has 0 unspecified atom stereocenters. The molecule has 1 aromatic rings. The molecule has 0 bridgehead atoms. The van der Waals surface area contributed by atoms with E-state index in [1.807, 2.05) is 6.07 Å². The Balaban J connectivity index is 2.89. The van der Waals surface area contributed by atoms with Gasteiger partial charge in [0.15, 0.2) is 0 Å². The summed E-state index contributed by atoms with van der Waals surface area (Å²) in [5, 5.41) is 11.9. The van der Waals surface area contributed by atoms with Crippen LogP contribution in [0.2, 0.25) is 5.02 Å². The Bertz CT molecular complexity index is 631. The summed E-state index contributed by atoms with van der Waals surface area (Å²) >= 11 is 5.74. The second kappa shape index (κ2) is 6.23. The van der Waals surface area contributed by atoms with E-state index in [4.69, 9.17) is 22.4 Å². The molecule has 0 heterocycles. The van der Waals surface area contributed by atoms with Gasteiger partial charge >= 0.3 is 0 Å². The molecule has 18 heavy (non-hydrogen) atoms. The second-order valence-corrected chi connectivity index (χ2v) is 5.28. The summed E-state index contributed by atoms with van der Waals surface area (Å²) < 4.78 is 25.8. The van der Waals surface area contributed by atoms with Gasteiger partial charge < -0.3 is 0 Å². The van der Waals surface area contributed by atoms with Crippen LogP contribution in [-0.4, -0.2) is 21.5 Å². The van der Waals surface area contributed by atoms with Gasteiger partial charge in [-0.2, -0.15) is 5.26 Å². The third-order valence-electron chi connectivity index (χ3n) is 1.94. The first-order valence-corrected chi connectivity index (χ1v) is 6.57. The predicted molar refractivity (Wildman–Crippen MR) is 65.4 cm³/mol. The number of rotatable bonds is 5. The first-order chi connectivity index (χ1) is 8.51. The molecule has 0 saturated carbocycles. The fourth-order valence-electron chi connectivity index (χ4n) is 1.11. The fraction of sp³-hybridized carbons (Fsp3) is 0.222. The number of azide groups is 1. The van der Waals surface area contributed by atoms with Crippen LogP contribution in [0.15, 0.2) is 28.2 Å². The van der Waals surface area contributed by atoms with Crippen molar-refractivity contribution in [3.8, 4) is 6.07 Å². The summed E-state index contributed by atoms with van der Waals surface area (Å²) in [6.45, 7) is 0.00373. The molecule has 0 atom stereocenters. The maximum absolute atomic E-state index is 11.8.